The molecule has 7 nitrogen and oxygen atoms in total. The van der Waals surface area contributed by atoms with Crippen molar-refractivity contribution in [2.24, 2.45) is 12.0 Å². The summed E-state index contributed by atoms with van der Waals surface area (Å²) < 4.78 is 7.31. The molecule has 140 valence electrons. The lowest BCUT2D eigenvalue weighted by molar-refractivity contribution is 0.501. The molecule has 0 atom stereocenters. The van der Waals surface area contributed by atoms with Gasteiger partial charge in [0.25, 0.3) is 0 Å². The number of aromatic nitrogens is 3. The molecule has 0 aromatic carbocycles. The summed E-state index contributed by atoms with van der Waals surface area (Å²) in [6.45, 7) is 3.78. The topological polar surface area (TPSA) is 80.3 Å². The van der Waals surface area contributed by atoms with E-state index < -0.39 is 0 Å². The number of nitrogens with one attached hydrogen (secondary N) is 2. The van der Waals surface area contributed by atoms with Gasteiger partial charge in [0.15, 0.2) is 11.8 Å². The number of nitrogens with zero attached hydrogens (tertiary/aromatic N) is 4. The summed E-state index contributed by atoms with van der Waals surface area (Å²) in [4.78, 5) is 5.97. The molecule has 3 rings (SSSR count). The molecule has 0 aliphatic heterocycles. The molecule has 0 unspecified atom stereocenters. The molecule has 0 spiro atoms. The normalized spacial score (nSPS) is 11.2. The van der Waals surface area contributed by atoms with Crippen molar-refractivity contribution in [3.63, 3.8) is 0 Å². The highest BCUT2D eigenvalue weighted by atomic mass is 127. The Kier molecular flexibility index (Phi) is 8.10. The largest absolute Gasteiger partial charge is 0.467 e. The molecular weight excluding hydrogens is 463 g/mol. The first-order valence-corrected chi connectivity index (χ1v) is 9.02. The van der Waals surface area contributed by atoms with Gasteiger partial charge in [-0.15, -0.1) is 45.5 Å². The van der Waals surface area contributed by atoms with Crippen LogP contribution in [0.5, 0.6) is 0 Å². The summed E-state index contributed by atoms with van der Waals surface area (Å²) in [5.74, 6) is 3.30. The van der Waals surface area contributed by atoms with Gasteiger partial charge in [-0.3, -0.25) is 0 Å². The molecule has 0 radical (unpaired) electrons. The van der Waals surface area contributed by atoms with Crippen LogP contribution in [0.1, 0.15) is 22.3 Å². The number of guanidine groups is 1. The van der Waals surface area contributed by atoms with Crippen molar-refractivity contribution in [1.29, 1.82) is 0 Å². The van der Waals surface area contributed by atoms with Gasteiger partial charge in [0.2, 0.25) is 0 Å². The van der Waals surface area contributed by atoms with E-state index in [1.165, 1.54) is 4.88 Å². The molecule has 26 heavy (non-hydrogen) atoms. The van der Waals surface area contributed by atoms with Crippen molar-refractivity contribution in [1.82, 2.24) is 25.4 Å². The molecule has 0 fully saturated rings. The predicted molar refractivity (Wildman–Crippen MR) is 114 cm³/mol. The quantitative estimate of drug-likeness (QED) is 0.305. The van der Waals surface area contributed by atoms with Crippen molar-refractivity contribution >= 4 is 41.3 Å². The molecule has 3 aromatic rings. The monoisotopic (exact) mass is 486 g/mol. The molecule has 0 amide bonds. The van der Waals surface area contributed by atoms with E-state index in [0.717, 1.165) is 36.3 Å². The van der Waals surface area contributed by atoms with Crippen molar-refractivity contribution < 1.29 is 4.42 Å². The summed E-state index contributed by atoms with van der Waals surface area (Å²) in [5, 5.41) is 17.0. The highest BCUT2D eigenvalue weighted by molar-refractivity contribution is 14.0. The van der Waals surface area contributed by atoms with Gasteiger partial charge in [-0.1, -0.05) is 6.07 Å². The lowest BCUT2D eigenvalue weighted by Gasteiger charge is -2.11. The van der Waals surface area contributed by atoms with E-state index in [9.17, 15) is 0 Å². The maximum atomic E-state index is 5.36. The van der Waals surface area contributed by atoms with E-state index in [-0.39, 0.29) is 24.0 Å². The molecule has 0 saturated carbocycles. The second-order valence-electron chi connectivity index (χ2n) is 5.58. The Morgan fingerprint density at radius 1 is 1.27 bits per heavy atom. The molecule has 0 aliphatic carbocycles. The van der Waals surface area contributed by atoms with Gasteiger partial charge in [0.1, 0.15) is 18.1 Å². The third kappa shape index (κ3) is 5.84. The molecule has 2 N–H and O–H groups in total. The first-order chi connectivity index (χ1) is 12.2. The Morgan fingerprint density at radius 2 is 2.15 bits per heavy atom. The maximum Gasteiger partial charge on any atom is 0.192 e. The van der Waals surface area contributed by atoms with Gasteiger partial charge < -0.3 is 19.6 Å². The Hall–Kier alpha value is -1.88. The average Bonchev–Trinajstić information content (AvgIpc) is 3.36. The highest BCUT2D eigenvalue weighted by Crippen LogP contribution is 2.08. The number of halogens is 1. The number of aliphatic imine (C=N–C) groups is 1. The molecule has 0 saturated heterocycles. The van der Waals surface area contributed by atoms with Crippen LogP contribution in [0, 0.1) is 6.92 Å². The van der Waals surface area contributed by atoms with Crippen molar-refractivity contribution in [3.05, 3.63) is 58.2 Å². The van der Waals surface area contributed by atoms with Crippen LogP contribution in [0.4, 0.5) is 0 Å². The van der Waals surface area contributed by atoms with Crippen LogP contribution in [0.15, 0.2) is 45.3 Å². The van der Waals surface area contributed by atoms with Gasteiger partial charge >= 0.3 is 0 Å². The minimum absolute atomic E-state index is 0. The van der Waals surface area contributed by atoms with Gasteiger partial charge in [-0.05, 0) is 36.9 Å². The van der Waals surface area contributed by atoms with E-state index in [0.29, 0.717) is 13.1 Å². The fourth-order valence-electron chi connectivity index (χ4n) is 2.26. The Labute approximate surface area is 174 Å². The standard InChI is InChI=1S/C17H22N6OS.HI/c1-13-21-22-16(23(13)2)12-20-17(19-11-14-5-3-9-24-14)18-8-7-15-6-4-10-25-15;/h3-6,9-10H,7-8,11-12H2,1-2H3,(H2,18,19,20);1H. The zero-order chi connectivity index (χ0) is 17.5. The van der Waals surface area contributed by atoms with Crippen LogP contribution >= 0.6 is 35.3 Å². The zero-order valence-corrected chi connectivity index (χ0v) is 18.0. The van der Waals surface area contributed by atoms with E-state index in [2.05, 4.69) is 43.3 Å². The van der Waals surface area contributed by atoms with E-state index >= 15 is 0 Å². The predicted octanol–water partition coefficient (Wildman–Crippen LogP) is 2.87. The molecule has 3 aromatic heterocycles. The average molecular weight is 486 g/mol. The van der Waals surface area contributed by atoms with Crippen LogP contribution in [-0.2, 0) is 26.6 Å². The summed E-state index contributed by atoms with van der Waals surface area (Å²) in [7, 11) is 1.94. The summed E-state index contributed by atoms with van der Waals surface area (Å²) >= 11 is 1.76. The van der Waals surface area contributed by atoms with Crippen molar-refractivity contribution in [3.8, 4) is 0 Å². The Morgan fingerprint density at radius 3 is 2.81 bits per heavy atom. The highest BCUT2D eigenvalue weighted by Gasteiger charge is 2.06. The number of furan rings is 1. The lowest BCUT2D eigenvalue weighted by Crippen LogP contribution is -2.38. The number of hydrogen-bond donors (Lipinski definition) is 2. The second-order valence-corrected chi connectivity index (χ2v) is 6.61. The van der Waals surface area contributed by atoms with Gasteiger partial charge in [-0.25, -0.2) is 4.99 Å². The van der Waals surface area contributed by atoms with E-state index in [1.54, 1.807) is 17.6 Å². The van der Waals surface area contributed by atoms with Crippen molar-refractivity contribution in [2.45, 2.75) is 26.4 Å². The van der Waals surface area contributed by atoms with Crippen LogP contribution in [0.25, 0.3) is 0 Å². The Balaban J connectivity index is 0.00000243. The number of thiophene rings is 1. The Bertz CT molecular complexity index is 797. The zero-order valence-electron chi connectivity index (χ0n) is 14.8. The summed E-state index contributed by atoms with van der Waals surface area (Å²) in [5.41, 5.74) is 0. The van der Waals surface area contributed by atoms with Crippen LogP contribution < -0.4 is 10.6 Å². The molecule has 9 heteroatoms. The maximum absolute atomic E-state index is 5.36. The van der Waals surface area contributed by atoms with Gasteiger partial charge in [-0.2, -0.15) is 0 Å². The number of rotatable bonds is 7. The van der Waals surface area contributed by atoms with Crippen molar-refractivity contribution in [2.75, 3.05) is 6.54 Å². The minimum Gasteiger partial charge on any atom is -0.467 e. The second kappa shape index (κ2) is 10.3. The molecule has 3 heterocycles. The molecule has 0 bridgehead atoms. The fraction of sp³-hybridized carbons (Fsp3) is 0.353. The molecule has 0 aliphatic rings. The number of hydrogen-bond acceptors (Lipinski definition) is 5. The minimum atomic E-state index is 0. The lowest BCUT2D eigenvalue weighted by atomic mass is 10.3. The third-order valence-electron chi connectivity index (χ3n) is 3.82. The van der Waals surface area contributed by atoms with E-state index in [1.807, 2.05) is 30.7 Å². The first kappa shape index (κ1) is 20.4. The van der Waals surface area contributed by atoms with E-state index in [4.69, 9.17) is 4.42 Å². The SMILES string of the molecule is Cc1nnc(CN=C(NCCc2cccs2)NCc2ccco2)n1C.I. The van der Waals surface area contributed by atoms with Crippen LogP contribution in [0.2, 0.25) is 0 Å². The number of aryl methyl sites for hydroxylation is 1. The smallest absolute Gasteiger partial charge is 0.192 e. The summed E-state index contributed by atoms with van der Waals surface area (Å²) in [6.07, 6.45) is 2.63. The molecular formula is C17H23IN6OS. The van der Waals surface area contributed by atoms with Crippen LogP contribution in [0.3, 0.4) is 0 Å². The van der Waals surface area contributed by atoms with Gasteiger partial charge in [0, 0.05) is 18.5 Å². The third-order valence-corrected chi connectivity index (χ3v) is 4.75. The van der Waals surface area contributed by atoms with Gasteiger partial charge in [0.05, 0.1) is 12.8 Å². The fourth-order valence-corrected chi connectivity index (χ4v) is 2.96. The van der Waals surface area contributed by atoms with Crippen LogP contribution in [-0.4, -0.2) is 27.3 Å². The first-order valence-electron chi connectivity index (χ1n) is 8.14. The summed E-state index contributed by atoms with van der Waals surface area (Å²) in [6, 6.07) is 8.02.